The molecule has 0 aliphatic heterocycles. The molecule has 0 spiro atoms. The molecule has 2 unspecified atom stereocenters. The number of carbonyl (C=O) groups excluding carboxylic acids is 1. The van der Waals surface area contributed by atoms with Gasteiger partial charge in [-0.15, -0.1) is 0 Å². The SMILES string of the molecule is CCCC1CC1NC(=O)C#CBr. The number of halogens is 1. The fraction of sp³-hybridized carbons (Fsp3) is 0.667. The summed E-state index contributed by atoms with van der Waals surface area (Å²) in [5.41, 5.74) is 0. The Labute approximate surface area is 81.2 Å². The van der Waals surface area contributed by atoms with Crippen molar-refractivity contribution in [2.24, 2.45) is 5.92 Å². The van der Waals surface area contributed by atoms with E-state index in [-0.39, 0.29) is 5.91 Å². The van der Waals surface area contributed by atoms with Gasteiger partial charge in [-0.3, -0.25) is 4.79 Å². The maximum atomic E-state index is 10.9. The monoisotopic (exact) mass is 229 g/mol. The quantitative estimate of drug-likeness (QED) is 0.734. The van der Waals surface area contributed by atoms with Crippen molar-refractivity contribution < 1.29 is 4.79 Å². The molecule has 2 nitrogen and oxygen atoms in total. The van der Waals surface area contributed by atoms with E-state index < -0.39 is 0 Å². The van der Waals surface area contributed by atoms with Crippen LogP contribution < -0.4 is 5.32 Å². The van der Waals surface area contributed by atoms with Gasteiger partial charge in [0.2, 0.25) is 0 Å². The first-order valence-electron chi connectivity index (χ1n) is 4.20. The third kappa shape index (κ3) is 2.86. The third-order valence-corrected chi connectivity index (χ3v) is 2.26. The molecule has 0 saturated heterocycles. The predicted molar refractivity (Wildman–Crippen MR) is 51.6 cm³/mol. The lowest BCUT2D eigenvalue weighted by Gasteiger charge is -1.97. The molecule has 0 aromatic heterocycles. The summed E-state index contributed by atoms with van der Waals surface area (Å²) in [7, 11) is 0. The molecule has 0 aromatic carbocycles. The van der Waals surface area contributed by atoms with Gasteiger partial charge in [-0.25, -0.2) is 0 Å². The van der Waals surface area contributed by atoms with Crippen LogP contribution in [-0.4, -0.2) is 11.9 Å². The van der Waals surface area contributed by atoms with Crippen LogP contribution >= 0.6 is 15.9 Å². The minimum Gasteiger partial charge on any atom is -0.342 e. The summed E-state index contributed by atoms with van der Waals surface area (Å²) in [5, 5.41) is 2.85. The van der Waals surface area contributed by atoms with E-state index in [1.54, 1.807) is 0 Å². The zero-order chi connectivity index (χ0) is 8.97. The average molecular weight is 230 g/mol. The molecule has 0 heterocycles. The van der Waals surface area contributed by atoms with E-state index in [4.69, 9.17) is 0 Å². The first-order valence-corrected chi connectivity index (χ1v) is 4.99. The highest BCUT2D eigenvalue weighted by molar-refractivity contribution is 9.12. The fourth-order valence-corrected chi connectivity index (χ4v) is 1.54. The van der Waals surface area contributed by atoms with Crippen molar-refractivity contribution in [1.29, 1.82) is 0 Å². The van der Waals surface area contributed by atoms with Gasteiger partial charge in [-0.1, -0.05) is 13.3 Å². The van der Waals surface area contributed by atoms with Crippen molar-refractivity contribution in [2.45, 2.75) is 32.2 Å². The van der Waals surface area contributed by atoms with Crippen LogP contribution in [0.1, 0.15) is 26.2 Å². The predicted octanol–water partition coefficient (Wildman–Crippen LogP) is 1.65. The standard InChI is InChI=1S/C9H12BrNO/c1-2-3-7-6-8(7)11-9(12)4-5-10/h7-8H,2-3,6H2,1H3,(H,11,12). The van der Waals surface area contributed by atoms with Crippen LogP contribution in [0.4, 0.5) is 0 Å². The Bertz CT molecular complexity index is 228. The van der Waals surface area contributed by atoms with Crippen molar-refractivity contribution >= 4 is 21.8 Å². The zero-order valence-corrected chi connectivity index (χ0v) is 8.65. The maximum Gasteiger partial charge on any atom is 0.296 e. The summed E-state index contributed by atoms with van der Waals surface area (Å²) in [6.07, 6.45) is 3.54. The Morgan fingerprint density at radius 1 is 1.75 bits per heavy atom. The van der Waals surface area contributed by atoms with Gasteiger partial charge in [0, 0.05) is 27.9 Å². The molecule has 0 bridgehead atoms. The van der Waals surface area contributed by atoms with Gasteiger partial charge in [0.05, 0.1) is 0 Å². The van der Waals surface area contributed by atoms with Crippen LogP contribution in [0.15, 0.2) is 0 Å². The summed E-state index contributed by atoms with van der Waals surface area (Å²) < 4.78 is 0. The highest BCUT2D eigenvalue weighted by Gasteiger charge is 2.36. The van der Waals surface area contributed by atoms with Crippen molar-refractivity contribution in [3.8, 4) is 10.8 Å². The lowest BCUT2D eigenvalue weighted by molar-refractivity contribution is -0.115. The Kier molecular flexibility index (Phi) is 3.61. The molecule has 2 atom stereocenters. The Balaban J connectivity index is 2.17. The minimum atomic E-state index is -0.171. The van der Waals surface area contributed by atoms with Gasteiger partial charge in [0.25, 0.3) is 5.91 Å². The molecular weight excluding hydrogens is 218 g/mol. The van der Waals surface area contributed by atoms with Crippen LogP contribution in [-0.2, 0) is 4.79 Å². The van der Waals surface area contributed by atoms with Gasteiger partial charge in [-0.05, 0) is 23.6 Å². The smallest absolute Gasteiger partial charge is 0.296 e. The number of hydrogen-bond acceptors (Lipinski definition) is 1. The Morgan fingerprint density at radius 3 is 3.08 bits per heavy atom. The van der Waals surface area contributed by atoms with Crippen LogP contribution in [0, 0.1) is 16.7 Å². The third-order valence-electron chi connectivity index (χ3n) is 2.06. The van der Waals surface area contributed by atoms with E-state index in [0.717, 1.165) is 6.42 Å². The second kappa shape index (κ2) is 4.51. The van der Waals surface area contributed by atoms with Crippen molar-refractivity contribution in [3.63, 3.8) is 0 Å². The molecule has 1 aliphatic carbocycles. The summed E-state index contributed by atoms with van der Waals surface area (Å²) in [4.78, 5) is 13.3. The largest absolute Gasteiger partial charge is 0.342 e. The van der Waals surface area contributed by atoms with E-state index in [9.17, 15) is 4.79 Å². The second-order valence-electron chi connectivity index (χ2n) is 3.08. The van der Waals surface area contributed by atoms with Gasteiger partial charge in [0.1, 0.15) is 0 Å². The number of nitrogens with one attached hydrogen (secondary N) is 1. The van der Waals surface area contributed by atoms with Crippen molar-refractivity contribution in [2.75, 3.05) is 0 Å². The highest BCUT2D eigenvalue weighted by atomic mass is 79.9. The molecule has 1 saturated carbocycles. The Hall–Kier alpha value is -0.490. The molecule has 1 rings (SSSR count). The first kappa shape index (κ1) is 9.60. The molecule has 1 amide bonds. The van der Waals surface area contributed by atoms with Crippen molar-refractivity contribution in [1.82, 2.24) is 5.32 Å². The average Bonchev–Trinajstić information content (AvgIpc) is 2.69. The lowest BCUT2D eigenvalue weighted by atomic mass is 10.2. The van der Waals surface area contributed by atoms with E-state index in [1.807, 2.05) is 0 Å². The molecule has 1 N–H and O–H groups in total. The van der Waals surface area contributed by atoms with Gasteiger partial charge < -0.3 is 5.32 Å². The van der Waals surface area contributed by atoms with Gasteiger partial charge >= 0.3 is 0 Å². The zero-order valence-electron chi connectivity index (χ0n) is 7.06. The fourth-order valence-electron chi connectivity index (χ4n) is 1.36. The number of rotatable bonds is 3. The number of carbonyl (C=O) groups is 1. The van der Waals surface area contributed by atoms with Gasteiger partial charge in [0.15, 0.2) is 0 Å². The molecule has 0 aromatic rings. The second-order valence-corrected chi connectivity index (χ2v) is 3.48. The molecule has 0 radical (unpaired) electrons. The van der Waals surface area contributed by atoms with Crippen LogP contribution in [0.2, 0.25) is 0 Å². The maximum absolute atomic E-state index is 10.9. The van der Waals surface area contributed by atoms with E-state index in [1.165, 1.54) is 12.8 Å². The summed E-state index contributed by atoms with van der Waals surface area (Å²) in [6.45, 7) is 2.16. The summed E-state index contributed by atoms with van der Waals surface area (Å²) in [6, 6.07) is 0.394. The lowest BCUT2D eigenvalue weighted by Crippen LogP contribution is -2.25. The van der Waals surface area contributed by atoms with E-state index in [2.05, 4.69) is 38.9 Å². The molecular formula is C9H12BrNO. The van der Waals surface area contributed by atoms with E-state index in [0.29, 0.717) is 12.0 Å². The molecule has 1 fully saturated rings. The summed E-state index contributed by atoms with van der Waals surface area (Å²) >= 11 is 2.88. The van der Waals surface area contributed by atoms with Gasteiger partial charge in [-0.2, -0.15) is 0 Å². The molecule has 66 valence electrons. The minimum absolute atomic E-state index is 0.171. The van der Waals surface area contributed by atoms with Crippen molar-refractivity contribution in [3.05, 3.63) is 0 Å². The number of amides is 1. The molecule has 1 aliphatic rings. The number of hydrogen-bond donors (Lipinski definition) is 1. The molecule has 12 heavy (non-hydrogen) atoms. The normalized spacial score (nSPS) is 25.5. The first-order chi connectivity index (χ1) is 5.77. The van der Waals surface area contributed by atoms with Crippen LogP contribution in [0.3, 0.4) is 0 Å². The van der Waals surface area contributed by atoms with Crippen LogP contribution in [0.5, 0.6) is 0 Å². The highest BCUT2D eigenvalue weighted by Crippen LogP contribution is 2.34. The van der Waals surface area contributed by atoms with E-state index >= 15 is 0 Å². The summed E-state index contributed by atoms with van der Waals surface area (Å²) in [5.74, 6) is 2.93. The molecule has 3 heteroatoms. The Morgan fingerprint density at radius 2 is 2.50 bits per heavy atom. The topological polar surface area (TPSA) is 29.1 Å². The van der Waals surface area contributed by atoms with Crippen LogP contribution in [0.25, 0.3) is 0 Å².